The van der Waals surface area contributed by atoms with Gasteiger partial charge in [-0.15, -0.1) is 0 Å². The van der Waals surface area contributed by atoms with E-state index in [-0.39, 0.29) is 16.6 Å². The van der Waals surface area contributed by atoms with Crippen molar-refractivity contribution in [3.8, 4) is 0 Å². The van der Waals surface area contributed by atoms with Crippen molar-refractivity contribution in [2.45, 2.75) is 12.6 Å². The van der Waals surface area contributed by atoms with Crippen molar-refractivity contribution in [1.82, 2.24) is 0 Å². The van der Waals surface area contributed by atoms with Gasteiger partial charge in [0, 0.05) is 23.8 Å². The highest BCUT2D eigenvalue weighted by molar-refractivity contribution is 6.30. The monoisotopic (exact) mass is 278 g/mol. The molecule has 1 aromatic rings. The van der Waals surface area contributed by atoms with Gasteiger partial charge in [0.05, 0.1) is 5.56 Å². The third-order valence-corrected chi connectivity index (χ3v) is 3.46. The third kappa shape index (κ3) is 2.72. The van der Waals surface area contributed by atoms with Crippen LogP contribution in [0, 0.1) is 5.92 Å². The Balaban J connectivity index is 2.33. The first kappa shape index (κ1) is 13.5. The van der Waals surface area contributed by atoms with Crippen LogP contribution in [0.2, 0.25) is 5.02 Å². The molecule has 6 heteroatoms. The fourth-order valence-corrected chi connectivity index (χ4v) is 2.43. The van der Waals surface area contributed by atoms with Crippen LogP contribution in [0.15, 0.2) is 18.2 Å². The van der Waals surface area contributed by atoms with Crippen molar-refractivity contribution >= 4 is 17.3 Å². The molecule has 2 N–H and O–H groups in total. The molecule has 0 bridgehead atoms. The van der Waals surface area contributed by atoms with E-state index in [1.807, 2.05) is 0 Å². The van der Waals surface area contributed by atoms with Crippen molar-refractivity contribution < 1.29 is 13.2 Å². The number of halogens is 4. The summed E-state index contributed by atoms with van der Waals surface area (Å²) in [5, 5.41) is 0.0978. The van der Waals surface area contributed by atoms with Crippen molar-refractivity contribution in [2.24, 2.45) is 11.7 Å². The fraction of sp³-hybridized carbons (Fsp3) is 0.500. The maximum Gasteiger partial charge on any atom is 0.418 e. The van der Waals surface area contributed by atoms with Crippen LogP contribution < -0.4 is 10.6 Å². The molecule has 100 valence electrons. The number of hydrogen-bond acceptors (Lipinski definition) is 2. The van der Waals surface area contributed by atoms with Crippen LogP contribution in [0.4, 0.5) is 18.9 Å². The zero-order valence-corrected chi connectivity index (χ0v) is 10.4. The molecule has 2 rings (SSSR count). The van der Waals surface area contributed by atoms with Crippen molar-refractivity contribution in [3.63, 3.8) is 0 Å². The van der Waals surface area contributed by atoms with Crippen molar-refractivity contribution in [2.75, 3.05) is 24.5 Å². The topological polar surface area (TPSA) is 29.3 Å². The summed E-state index contributed by atoms with van der Waals surface area (Å²) in [5.74, 6) is 0.266. The highest BCUT2D eigenvalue weighted by Crippen LogP contribution is 2.39. The van der Waals surface area contributed by atoms with Crippen LogP contribution in [-0.4, -0.2) is 19.6 Å². The first-order valence-electron chi connectivity index (χ1n) is 5.73. The molecule has 0 aromatic heterocycles. The van der Waals surface area contributed by atoms with E-state index in [9.17, 15) is 13.2 Å². The molecule has 18 heavy (non-hydrogen) atoms. The Morgan fingerprint density at radius 3 is 2.67 bits per heavy atom. The van der Waals surface area contributed by atoms with Gasteiger partial charge in [0.2, 0.25) is 0 Å². The van der Waals surface area contributed by atoms with E-state index in [2.05, 4.69) is 0 Å². The molecule has 1 unspecified atom stereocenters. The number of nitrogens with zero attached hydrogens (tertiary/aromatic N) is 1. The maximum absolute atomic E-state index is 13.0. The van der Waals surface area contributed by atoms with E-state index in [1.165, 1.54) is 12.1 Å². The summed E-state index contributed by atoms with van der Waals surface area (Å²) in [6, 6.07) is 3.90. The number of alkyl halides is 3. The maximum atomic E-state index is 13.0. The number of anilines is 1. The Hall–Kier alpha value is -0.940. The van der Waals surface area contributed by atoms with Crippen LogP contribution in [0.3, 0.4) is 0 Å². The van der Waals surface area contributed by atoms with Gasteiger partial charge in [-0.2, -0.15) is 13.2 Å². The Kier molecular flexibility index (Phi) is 3.73. The summed E-state index contributed by atoms with van der Waals surface area (Å²) < 4.78 is 38.9. The normalized spacial score (nSPS) is 20.5. The van der Waals surface area contributed by atoms with Crippen LogP contribution >= 0.6 is 11.6 Å². The van der Waals surface area contributed by atoms with Crippen LogP contribution in [0.1, 0.15) is 12.0 Å². The molecule has 1 aliphatic heterocycles. The van der Waals surface area contributed by atoms with Gasteiger partial charge in [0.1, 0.15) is 0 Å². The Bertz CT molecular complexity index is 434. The zero-order valence-electron chi connectivity index (χ0n) is 9.67. The lowest BCUT2D eigenvalue weighted by Crippen LogP contribution is -2.25. The molecule has 1 saturated heterocycles. The van der Waals surface area contributed by atoms with Crippen molar-refractivity contribution in [3.05, 3.63) is 28.8 Å². The minimum atomic E-state index is -4.39. The zero-order chi connectivity index (χ0) is 13.3. The second-order valence-electron chi connectivity index (χ2n) is 4.50. The van der Waals surface area contributed by atoms with Gasteiger partial charge in [-0.25, -0.2) is 0 Å². The second kappa shape index (κ2) is 4.97. The lowest BCUT2D eigenvalue weighted by Gasteiger charge is -2.23. The number of rotatable bonds is 2. The van der Waals surface area contributed by atoms with Gasteiger partial charge in [0.15, 0.2) is 0 Å². The largest absolute Gasteiger partial charge is 0.418 e. The molecular formula is C12H14ClF3N2. The molecule has 1 heterocycles. The summed E-state index contributed by atoms with van der Waals surface area (Å²) in [6.07, 6.45) is -3.56. The van der Waals surface area contributed by atoms with E-state index in [4.69, 9.17) is 17.3 Å². The van der Waals surface area contributed by atoms with Gasteiger partial charge in [0.25, 0.3) is 0 Å². The highest BCUT2D eigenvalue weighted by atomic mass is 35.5. The molecule has 1 aliphatic rings. The minimum Gasteiger partial charge on any atom is -0.371 e. The summed E-state index contributed by atoms with van der Waals surface area (Å²) in [4.78, 5) is 1.73. The average Bonchev–Trinajstić information content (AvgIpc) is 2.76. The predicted molar refractivity (Wildman–Crippen MR) is 65.8 cm³/mol. The van der Waals surface area contributed by atoms with Gasteiger partial charge in [-0.05, 0) is 37.1 Å². The van der Waals surface area contributed by atoms with Gasteiger partial charge >= 0.3 is 6.18 Å². The summed E-state index contributed by atoms with van der Waals surface area (Å²) in [5.41, 5.74) is 5.08. The average molecular weight is 279 g/mol. The fourth-order valence-electron chi connectivity index (χ4n) is 2.25. The molecule has 2 nitrogen and oxygen atoms in total. The highest BCUT2D eigenvalue weighted by Gasteiger charge is 2.36. The van der Waals surface area contributed by atoms with Crippen LogP contribution in [0.25, 0.3) is 0 Å². The number of benzene rings is 1. The molecule has 0 spiro atoms. The lowest BCUT2D eigenvalue weighted by atomic mass is 10.1. The Morgan fingerprint density at radius 2 is 2.11 bits per heavy atom. The van der Waals surface area contributed by atoms with Gasteiger partial charge in [-0.3, -0.25) is 0 Å². The smallest absolute Gasteiger partial charge is 0.371 e. The molecule has 0 saturated carbocycles. The lowest BCUT2D eigenvalue weighted by molar-refractivity contribution is -0.137. The van der Waals surface area contributed by atoms with E-state index < -0.39 is 11.7 Å². The van der Waals surface area contributed by atoms with Gasteiger partial charge in [-0.1, -0.05) is 11.6 Å². The molecular weight excluding hydrogens is 265 g/mol. The number of nitrogens with two attached hydrogens (primary N) is 1. The van der Waals surface area contributed by atoms with Crippen molar-refractivity contribution in [1.29, 1.82) is 0 Å². The molecule has 1 fully saturated rings. The molecule has 0 aliphatic carbocycles. The van der Waals surface area contributed by atoms with E-state index in [0.29, 0.717) is 19.6 Å². The van der Waals surface area contributed by atoms with E-state index in [0.717, 1.165) is 12.5 Å². The predicted octanol–water partition coefficient (Wildman–Crippen LogP) is 3.14. The van der Waals surface area contributed by atoms with Gasteiger partial charge < -0.3 is 10.6 Å². The van der Waals surface area contributed by atoms with E-state index in [1.54, 1.807) is 4.90 Å². The summed E-state index contributed by atoms with van der Waals surface area (Å²) in [6.45, 7) is 1.68. The van der Waals surface area contributed by atoms with Crippen LogP contribution in [0.5, 0.6) is 0 Å². The summed E-state index contributed by atoms with van der Waals surface area (Å²) in [7, 11) is 0. The van der Waals surface area contributed by atoms with E-state index >= 15 is 0 Å². The Morgan fingerprint density at radius 1 is 1.39 bits per heavy atom. The second-order valence-corrected chi connectivity index (χ2v) is 4.93. The molecule has 1 atom stereocenters. The van der Waals surface area contributed by atoms with Crippen LogP contribution in [-0.2, 0) is 6.18 Å². The molecule has 0 radical (unpaired) electrons. The Labute approximate surface area is 109 Å². The standard InChI is InChI=1S/C12H14ClF3N2/c13-9-1-2-11(10(5-9)12(14,15)16)18-4-3-8(6-17)7-18/h1-2,5,8H,3-4,6-7,17H2. The number of hydrogen-bond donors (Lipinski definition) is 1. The first-order valence-corrected chi connectivity index (χ1v) is 6.11. The third-order valence-electron chi connectivity index (χ3n) is 3.22. The SMILES string of the molecule is NCC1CCN(c2ccc(Cl)cc2C(F)(F)F)C1. The quantitative estimate of drug-likeness (QED) is 0.900. The molecule has 1 aromatic carbocycles. The first-order chi connectivity index (χ1) is 8.41. The molecule has 0 amide bonds. The summed E-state index contributed by atoms with van der Waals surface area (Å²) >= 11 is 5.65. The minimum absolute atomic E-state index is 0.0978.